The van der Waals surface area contributed by atoms with Crippen molar-refractivity contribution in [2.24, 2.45) is 0 Å². The predicted octanol–water partition coefficient (Wildman–Crippen LogP) is 0.316. The topological polar surface area (TPSA) is 219 Å². The molecule has 2 aliphatic rings. The SMILES string of the molecule is CCCNC(=O)[C@@H](NC(=O)Cc1ccccc1)[C@@H]1N[C@@H](C(=O)NCC(CO)NC(=O)[C@@H]2N[C@@H]([C@H](NC(=O)Cc3ccccc3)C(=O)NCC)SC2(C)C)C(C)(C)S1. The molecule has 2 aromatic rings. The molecule has 7 atom stereocenters. The molecule has 0 spiro atoms. The fourth-order valence-corrected chi connectivity index (χ4v) is 9.68. The molecule has 0 aliphatic carbocycles. The Morgan fingerprint density at radius 2 is 1.12 bits per heavy atom. The van der Waals surface area contributed by atoms with Crippen molar-refractivity contribution >= 4 is 59.0 Å². The monoisotopic (exact) mass is 826 g/mol. The van der Waals surface area contributed by atoms with Crippen LogP contribution in [0.25, 0.3) is 0 Å². The average molecular weight is 827 g/mol. The van der Waals surface area contributed by atoms with E-state index in [2.05, 4.69) is 42.5 Å². The van der Waals surface area contributed by atoms with Crippen molar-refractivity contribution in [2.75, 3.05) is 26.2 Å². The van der Waals surface area contributed by atoms with Crippen molar-refractivity contribution in [1.29, 1.82) is 0 Å². The fourth-order valence-electron chi connectivity index (χ4n) is 6.68. The summed E-state index contributed by atoms with van der Waals surface area (Å²) in [4.78, 5) is 80.0. The number of aliphatic hydroxyl groups is 1. The van der Waals surface area contributed by atoms with Crippen LogP contribution >= 0.6 is 23.5 Å². The molecule has 2 aliphatic heterocycles. The van der Waals surface area contributed by atoms with Crippen LogP contribution in [-0.2, 0) is 41.6 Å². The molecule has 2 heterocycles. The first kappa shape index (κ1) is 45.5. The number of carbonyl (C=O) groups excluding carboxylic acids is 6. The highest BCUT2D eigenvalue weighted by Gasteiger charge is 2.51. The second-order valence-corrected chi connectivity index (χ2v) is 18.8. The van der Waals surface area contributed by atoms with Crippen LogP contribution < -0.4 is 42.5 Å². The van der Waals surface area contributed by atoms with Crippen LogP contribution in [0.1, 0.15) is 59.1 Å². The predicted molar refractivity (Wildman–Crippen MR) is 223 cm³/mol. The summed E-state index contributed by atoms with van der Waals surface area (Å²) in [6.45, 7) is 11.4. The second kappa shape index (κ2) is 21.0. The van der Waals surface area contributed by atoms with Gasteiger partial charge in [0.1, 0.15) is 24.2 Å². The van der Waals surface area contributed by atoms with Crippen LogP contribution in [-0.4, -0.2) is 117 Å². The highest BCUT2D eigenvalue weighted by molar-refractivity contribution is 8.01. The maximum atomic E-state index is 13.7. The fraction of sp³-hybridized carbons (Fsp3) is 0.550. The van der Waals surface area contributed by atoms with Crippen molar-refractivity contribution in [1.82, 2.24) is 42.5 Å². The molecule has 6 amide bonds. The number of hydrogen-bond donors (Lipinski definition) is 9. The van der Waals surface area contributed by atoms with E-state index >= 15 is 0 Å². The zero-order valence-electron chi connectivity index (χ0n) is 33.5. The zero-order chi connectivity index (χ0) is 41.8. The van der Waals surface area contributed by atoms with Gasteiger partial charge in [0.15, 0.2) is 0 Å². The summed E-state index contributed by atoms with van der Waals surface area (Å²) in [7, 11) is 0. The largest absolute Gasteiger partial charge is 0.394 e. The molecule has 2 aromatic carbocycles. The molecular formula is C40H58N8O7S2. The van der Waals surface area contributed by atoms with E-state index in [1.54, 1.807) is 6.92 Å². The van der Waals surface area contributed by atoms with Crippen molar-refractivity contribution in [3.8, 4) is 0 Å². The Labute approximate surface area is 343 Å². The van der Waals surface area contributed by atoms with E-state index < -0.39 is 68.9 Å². The van der Waals surface area contributed by atoms with E-state index in [9.17, 15) is 33.9 Å². The summed E-state index contributed by atoms with van der Waals surface area (Å²) < 4.78 is -1.44. The van der Waals surface area contributed by atoms with Gasteiger partial charge in [-0.3, -0.25) is 39.4 Å². The summed E-state index contributed by atoms with van der Waals surface area (Å²) in [6, 6.07) is 14.0. The highest BCUT2D eigenvalue weighted by atomic mass is 32.2. The number of hydrogen-bond acceptors (Lipinski definition) is 11. The van der Waals surface area contributed by atoms with E-state index in [-0.39, 0.29) is 43.0 Å². The normalized spacial score (nSPS) is 22.3. The third kappa shape index (κ3) is 12.9. The van der Waals surface area contributed by atoms with Gasteiger partial charge in [0.25, 0.3) is 0 Å². The molecular weight excluding hydrogens is 769 g/mol. The quantitative estimate of drug-likeness (QED) is 0.0940. The number of rotatable bonds is 19. The Morgan fingerprint density at radius 3 is 1.56 bits per heavy atom. The molecule has 0 bridgehead atoms. The summed E-state index contributed by atoms with van der Waals surface area (Å²) in [6.07, 6.45) is 0.876. The molecule has 0 saturated carbocycles. The van der Waals surface area contributed by atoms with E-state index in [0.29, 0.717) is 19.5 Å². The maximum absolute atomic E-state index is 13.7. The maximum Gasteiger partial charge on any atom is 0.245 e. The van der Waals surface area contributed by atoms with Crippen molar-refractivity contribution in [3.63, 3.8) is 0 Å². The number of amides is 6. The first-order chi connectivity index (χ1) is 27.1. The van der Waals surface area contributed by atoms with Gasteiger partial charge in [-0.1, -0.05) is 67.6 Å². The molecule has 0 aromatic heterocycles. The van der Waals surface area contributed by atoms with Gasteiger partial charge in [0, 0.05) is 29.1 Å². The van der Waals surface area contributed by atoms with E-state index in [1.807, 2.05) is 95.3 Å². The lowest BCUT2D eigenvalue weighted by atomic mass is 10.0. The first-order valence-electron chi connectivity index (χ1n) is 19.4. The van der Waals surface area contributed by atoms with Gasteiger partial charge in [-0.15, -0.1) is 23.5 Å². The summed E-state index contributed by atoms with van der Waals surface area (Å²) >= 11 is 2.72. The molecule has 312 valence electrons. The van der Waals surface area contributed by atoms with Gasteiger partial charge < -0.3 is 37.0 Å². The summed E-state index contributed by atoms with van der Waals surface area (Å²) in [5.41, 5.74) is 1.60. The molecule has 4 rings (SSSR count). The summed E-state index contributed by atoms with van der Waals surface area (Å²) in [5, 5.41) is 32.5. The Morgan fingerprint density at radius 1 is 0.667 bits per heavy atom. The number of carbonyl (C=O) groups is 6. The molecule has 57 heavy (non-hydrogen) atoms. The van der Waals surface area contributed by atoms with Gasteiger partial charge in [-0.05, 0) is 52.2 Å². The minimum atomic E-state index is -0.977. The van der Waals surface area contributed by atoms with E-state index in [4.69, 9.17) is 0 Å². The first-order valence-corrected chi connectivity index (χ1v) is 21.1. The zero-order valence-corrected chi connectivity index (χ0v) is 35.1. The number of aliphatic hydroxyl groups excluding tert-OH is 1. The smallest absolute Gasteiger partial charge is 0.245 e. The molecule has 17 heteroatoms. The van der Waals surface area contributed by atoms with Crippen LogP contribution in [0.4, 0.5) is 0 Å². The van der Waals surface area contributed by atoms with Crippen LogP contribution in [0, 0.1) is 0 Å². The Kier molecular flexibility index (Phi) is 16.8. The van der Waals surface area contributed by atoms with Crippen molar-refractivity contribution < 1.29 is 33.9 Å². The van der Waals surface area contributed by atoms with E-state index in [0.717, 1.165) is 11.1 Å². The van der Waals surface area contributed by atoms with Crippen LogP contribution in [0.2, 0.25) is 0 Å². The minimum absolute atomic E-state index is 0.0818. The van der Waals surface area contributed by atoms with Gasteiger partial charge >= 0.3 is 0 Å². The second-order valence-electron chi connectivity index (χ2n) is 15.2. The lowest BCUT2D eigenvalue weighted by Gasteiger charge is -2.28. The number of nitrogens with one attached hydrogen (secondary N) is 8. The third-order valence-electron chi connectivity index (χ3n) is 9.65. The molecule has 9 N–H and O–H groups in total. The van der Waals surface area contributed by atoms with Crippen molar-refractivity contribution in [3.05, 3.63) is 71.8 Å². The molecule has 2 fully saturated rings. The van der Waals surface area contributed by atoms with Gasteiger partial charge in [0.2, 0.25) is 35.4 Å². The highest BCUT2D eigenvalue weighted by Crippen LogP contribution is 2.40. The molecule has 2 saturated heterocycles. The molecule has 1 unspecified atom stereocenters. The standard InChI is InChI=1S/C40H58N8O7S2/c1-7-19-42-34(53)30(46-28(51)21-25-17-13-10-14-18-25)38-47-31(39(3,4)56-38)35(54)43-22-26(23-49)44-36(55)32-40(5,6)57-37(48-32)29(33(52)41-8-2)45-27(50)20-24-15-11-9-12-16-24/h9-18,26,29-32,37-38,47-49H,7-8,19-23H2,1-6H3,(H,41,52)(H,42,53)(H,43,54)(H,44,55)(H,45,50)(H,46,51)/t26?,29-,30-,31+,32+,37-,38-/m1/s1. The molecule has 0 radical (unpaired) electrons. The van der Waals surface area contributed by atoms with Gasteiger partial charge in [-0.2, -0.15) is 0 Å². The third-order valence-corrected chi connectivity index (χ3v) is 12.7. The minimum Gasteiger partial charge on any atom is -0.394 e. The van der Waals surface area contributed by atoms with E-state index in [1.165, 1.54) is 23.5 Å². The summed E-state index contributed by atoms with van der Waals surface area (Å²) in [5.74, 6) is -2.27. The van der Waals surface area contributed by atoms with Gasteiger partial charge in [0.05, 0.1) is 36.2 Å². The van der Waals surface area contributed by atoms with Crippen LogP contribution in [0.3, 0.4) is 0 Å². The molecule has 15 nitrogen and oxygen atoms in total. The lowest BCUT2D eigenvalue weighted by molar-refractivity contribution is -0.129. The number of benzene rings is 2. The number of likely N-dealkylation sites (N-methyl/N-ethyl adjacent to an activating group) is 1. The Hall–Kier alpha value is -4.16. The van der Waals surface area contributed by atoms with Gasteiger partial charge in [-0.25, -0.2) is 0 Å². The number of thioether (sulfide) groups is 2. The lowest BCUT2D eigenvalue weighted by Crippen LogP contribution is -2.60. The Bertz CT molecular complexity index is 1700. The van der Waals surface area contributed by atoms with Crippen LogP contribution in [0.5, 0.6) is 0 Å². The Balaban J connectivity index is 1.37. The van der Waals surface area contributed by atoms with Crippen LogP contribution in [0.15, 0.2) is 60.7 Å². The average Bonchev–Trinajstić information content (AvgIpc) is 3.67. The van der Waals surface area contributed by atoms with Crippen molar-refractivity contribution in [2.45, 2.75) is 111 Å².